The van der Waals surface area contributed by atoms with Gasteiger partial charge in [0.15, 0.2) is 0 Å². The molecule has 0 spiro atoms. The highest BCUT2D eigenvalue weighted by Gasteiger charge is 2.23. The highest BCUT2D eigenvalue weighted by Crippen LogP contribution is 2.21. The molecule has 1 rings (SSSR count). The van der Waals surface area contributed by atoms with Crippen LogP contribution in [-0.4, -0.2) is 33.2 Å². The highest BCUT2D eigenvalue weighted by atomic mass is 16.6. The van der Waals surface area contributed by atoms with Crippen LogP contribution in [-0.2, 0) is 11.3 Å². The number of urea groups is 1. The molecule has 2 N–H and O–H groups in total. The molecule has 0 radical (unpaired) electrons. The van der Waals surface area contributed by atoms with Gasteiger partial charge in [0, 0.05) is 6.54 Å². The summed E-state index contributed by atoms with van der Waals surface area (Å²) < 4.78 is 1.21. The first-order valence-corrected chi connectivity index (χ1v) is 6.98. The third-order valence-corrected chi connectivity index (χ3v) is 3.08. The summed E-state index contributed by atoms with van der Waals surface area (Å²) in [4.78, 5) is 33.6. The van der Waals surface area contributed by atoms with Gasteiger partial charge in [-0.15, -0.1) is 0 Å². The molecule has 0 aliphatic rings. The number of carbonyl (C=O) groups excluding carboxylic acids is 2. The third-order valence-electron chi connectivity index (χ3n) is 3.08. The fourth-order valence-corrected chi connectivity index (χ4v) is 1.93. The summed E-state index contributed by atoms with van der Waals surface area (Å²) in [5.41, 5.74) is 0.392. The lowest BCUT2D eigenvalue weighted by atomic mass is 10.1. The van der Waals surface area contributed by atoms with E-state index in [0.717, 1.165) is 6.42 Å². The van der Waals surface area contributed by atoms with Crippen LogP contribution in [0.2, 0.25) is 0 Å². The van der Waals surface area contributed by atoms with E-state index in [1.165, 1.54) is 18.5 Å². The van der Waals surface area contributed by atoms with Gasteiger partial charge in [-0.3, -0.25) is 24.9 Å². The van der Waals surface area contributed by atoms with Gasteiger partial charge in [-0.2, -0.15) is 5.10 Å². The molecule has 0 bridgehead atoms. The predicted molar refractivity (Wildman–Crippen MR) is 79.4 cm³/mol. The van der Waals surface area contributed by atoms with Crippen LogP contribution in [0.25, 0.3) is 0 Å². The summed E-state index contributed by atoms with van der Waals surface area (Å²) in [6.07, 6.45) is 0.811. The van der Waals surface area contributed by atoms with Crippen molar-refractivity contribution >= 4 is 17.6 Å². The Hall–Kier alpha value is -2.45. The number of imide groups is 1. The van der Waals surface area contributed by atoms with Gasteiger partial charge in [-0.1, -0.05) is 13.8 Å². The van der Waals surface area contributed by atoms with Crippen LogP contribution in [0, 0.1) is 29.9 Å². The average Bonchev–Trinajstić information content (AvgIpc) is 2.63. The Morgan fingerprint density at radius 1 is 1.36 bits per heavy atom. The van der Waals surface area contributed by atoms with Crippen molar-refractivity contribution in [3.8, 4) is 0 Å². The van der Waals surface area contributed by atoms with Gasteiger partial charge in [0.05, 0.1) is 4.92 Å². The summed E-state index contributed by atoms with van der Waals surface area (Å²) in [6.45, 7) is 7.29. The molecule has 0 saturated carbocycles. The molecule has 122 valence electrons. The van der Waals surface area contributed by atoms with Crippen molar-refractivity contribution in [2.75, 3.05) is 6.54 Å². The molecule has 1 heterocycles. The average molecular weight is 311 g/mol. The van der Waals surface area contributed by atoms with Crippen LogP contribution in [0.4, 0.5) is 10.5 Å². The second-order valence-corrected chi connectivity index (χ2v) is 5.42. The smallest absolute Gasteiger partial charge is 0.321 e. The minimum Gasteiger partial charge on any atom is -0.338 e. The van der Waals surface area contributed by atoms with Crippen LogP contribution in [0.1, 0.15) is 31.7 Å². The maximum absolute atomic E-state index is 11.8. The van der Waals surface area contributed by atoms with Crippen LogP contribution in [0.5, 0.6) is 0 Å². The Balaban J connectivity index is 2.57. The van der Waals surface area contributed by atoms with Crippen LogP contribution < -0.4 is 10.6 Å². The molecule has 0 atom stereocenters. The van der Waals surface area contributed by atoms with Gasteiger partial charge in [0.25, 0.3) is 0 Å². The second kappa shape index (κ2) is 7.53. The minimum absolute atomic E-state index is 0.116. The molecule has 22 heavy (non-hydrogen) atoms. The number of hydrogen-bond donors (Lipinski definition) is 2. The van der Waals surface area contributed by atoms with Gasteiger partial charge in [-0.25, -0.2) is 4.79 Å². The molecule has 0 saturated heterocycles. The lowest BCUT2D eigenvalue weighted by molar-refractivity contribution is -0.386. The maximum atomic E-state index is 11.8. The molecule has 1 aromatic heterocycles. The maximum Gasteiger partial charge on any atom is 0.321 e. The lowest BCUT2D eigenvalue weighted by Crippen LogP contribution is -2.41. The summed E-state index contributed by atoms with van der Waals surface area (Å²) >= 11 is 0. The Bertz CT molecular complexity index is 579. The number of aryl methyl sites for hydroxylation is 1. The fraction of sp³-hybridized carbons (Fsp3) is 0.615. The number of hydrogen-bond acceptors (Lipinski definition) is 5. The van der Waals surface area contributed by atoms with E-state index in [2.05, 4.69) is 15.7 Å². The molecule has 9 heteroatoms. The molecular formula is C13H21N5O4. The van der Waals surface area contributed by atoms with Crippen LogP contribution in [0.15, 0.2) is 0 Å². The summed E-state index contributed by atoms with van der Waals surface area (Å²) in [6, 6.07) is -0.582. The first-order chi connectivity index (χ1) is 10.2. The predicted octanol–water partition coefficient (Wildman–Crippen LogP) is 1.28. The molecule has 0 unspecified atom stereocenters. The van der Waals surface area contributed by atoms with Gasteiger partial charge in [-0.05, 0) is 26.2 Å². The molecule has 0 aliphatic heterocycles. The van der Waals surface area contributed by atoms with Crippen molar-refractivity contribution < 1.29 is 14.5 Å². The lowest BCUT2D eigenvalue weighted by Gasteiger charge is -2.08. The molecular weight excluding hydrogens is 290 g/mol. The van der Waals surface area contributed by atoms with E-state index in [0.29, 0.717) is 12.5 Å². The third kappa shape index (κ3) is 4.83. The zero-order chi connectivity index (χ0) is 16.9. The molecule has 1 aromatic rings. The summed E-state index contributed by atoms with van der Waals surface area (Å²) in [5.74, 6) is -0.131. The normalized spacial score (nSPS) is 10.6. The highest BCUT2D eigenvalue weighted by molar-refractivity contribution is 5.94. The largest absolute Gasteiger partial charge is 0.338 e. The van der Waals surface area contributed by atoms with Crippen molar-refractivity contribution in [3.05, 3.63) is 21.5 Å². The molecule has 3 amide bonds. The van der Waals surface area contributed by atoms with E-state index in [-0.39, 0.29) is 23.6 Å². The number of aromatic nitrogens is 2. The standard InChI is InChI=1S/C13H21N5O4/c1-8(2)5-6-14-13(20)15-11(19)7-17-10(4)12(18(21)22)9(3)16-17/h8H,5-7H2,1-4H3,(H2,14,15,19,20). The zero-order valence-corrected chi connectivity index (χ0v) is 13.2. The first-order valence-electron chi connectivity index (χ1n) is 6.98. The van der Waals surface area contributed by atoms with Gasteiger partial charge in [0.1, 0.15) is 17.9 Å². The Labute approximate surface area is 128 Å². The van der Waals surface area contributed by atoms with Gasteiger partial charge < -0.3 is 5.32 Å². The van der Waals surface area contributed by atoms with Crippen LogP contribution in [0.3, 0.4) is 0 Å². The van der Waals surface area contributed by atoms with Crippen molar-refractivity contribution in [2.45, 2.75) is 40.7 Å². The van der Waals surface area contributed by atoms with E-state index in [9.17, 15) is 19.7 Å². The quantitative estimate of drug-likeness (QED) is 0.606. The van der Waals surface area contributed by atoms with E-state index in [1.807, 2.05) is 13.8 Å². The van der Waals surface area contributed by atoms with Crippen molar-refractivity contribution in [1.29, 1.82) is 0 Å². The molecule has 0 aromatic carbocycles. The Morgan fingerprint density at radius 3 is 2.50 bits per heavy atom. The topological polar surface area (TPSA) is 119 Å². The minimum atomic E-state index is -0.582. The van der Waals surface area contributed by atoms with Crippen molar-refractivity contribution in [1.82, 2.24) is 20.4 Å². The first kappa shape index (κ1) is 17.6. The van der Waals surface area contributed by atoms with Crippen LogP contribution >= 0.6 is 0 Å². The number of nitrogens with zero attached hydrogens (tertiary/aromatic N) is 3. The van der Waals surface area contributed by atoms with E-state index in [4.69, 9.17) is 0 Å². The number of nitro groups is 1. The Kier molecular flexibility index (Phi) is 6.02. The van der Waals surface area contributed by atoms with E-state index >= 15 is 0 Å². The Morgan fingerprint density at radius 2 is 2.00 bits per heavy atom. The van der Waals surface area contributed by atoms with E-state index < -0.39 is 16.9 Å². The summed E-state index contributed by atoms with van der Waals surface area (Å²) in [5, 5.41) is 19.6. The zero-order valence-electron chi connectivity index (χ0n) is 13.2. The number of nitrogens with one attached hydrogen (secondary N) is 2. The monoisotopic (exact) mass is 311 g/mol. The van der Waals surface area contributed by atoms with Gasteiger partial charge in [0.2, 0.25) is 5.91 Å². The number of amides is 3. The number of carbonyl (C=O) groups is 2. The second-order valence-electron chi connectivity index (χ2n) is 5.42. The van der Waals surface area contributed by atoms with Gasteiger partial charge >= 0.3 is 11.7 Å². The van der Waals surface area contributed by atoms with Crippen molar-refractivity contribution in [2.24, 2.45) is 5.92 Å². The fourth-order valence-electron chi connectivity index (χ4n) is 1.93. The van der Waals surface area contributed by atoms with Crippen molar-refractivity contribution in [3.63, 3.8) is 0 Å². The number of rotatable bonds is 6. The molecule has 9 nitrogen and oxygen atoms in total. The summed E-state index contributed by atoms with van der Waals surface area (Å²) in [7, 11) is 0. The SMILES string of the molecule is Cc1nn(CC(=O)NC(=O)NCCC(C)C)c(C)c1[N+](=O)[O-]. The molecule has 0 fully saturated rings. The molecule has 0 aliphatic carbocycles. The van der Waals surface area contributed by atoms with E-state index in [1.54, 1.807) is 0 Å².